The normalized spacial score (nSPS) is 10.4. The van der Waals surface area contributed by atoms with Crippen LogP contribution in [0.1, 0.15) is 34.1 Å². The molecule has 6 heteroatoms. The highest BCUT2D eigenvalue weighted by molar-refractivity contribution is 6.04. The number of hydrogen-bond donors (Lipinski definition) is 3. The third-order valence-corrected chi connectivity index (χ3v) is 4.37. The summed E-state index contributed by atoms with van der Waals surface area (Å²) in [5.74, 6) is 1.20. The standard InChI is InChI=1S/C22H25N5O/c1-5-23-22-24-16(4)13-20(27-22)25-18-8-10-19(11-9-18)26-21(28)17-7-6-14(2)15(3)12-17/h6-13H,5H2,1-4H3,(H,26,28)(H2,23,24,25,27). The van der Waals surface area contributed by atoms with Crippen molar-refractivity contribution in [3.63, 3.8) is 0 Å². The summed E-state index contributed by atoms with van der Waals surface area (Å²) in [6.45, 7) is 8.73. The molecule has 144 valence electrons. The topological polar surface area (TPSA) is 78.9 Å². The van der Waals surface area contributed by atoms with Crippen molar-refractivity contribution in [3.8, 4) is 0 Å². The Morgan fingerprint density at radius 2 is 1.61 bits per heavy atom. The van der Waals surface area contributed by atoms with Gasteiger partial charge >= 0.3 is 0 Å². The molecule has 0 atom stereocenters. The summed E-state index contributed by atoms with van der Waals surface area (Å²) in [5.41, 5.74) is 5.42. The van der Waals surface area contributed by atoms with Crippen LogP contribution >= 0.6 is 0 Å². The molecule has 0 aliphatic rings. The molecule has 0 unspecified atom stereocenters. The first-order valence-corrected chi connectivity index (χ1v) is 9.30. The lowest BCUT2D eigenvalue weighted by Crippen LogP contribution is -2.12. The number of hydrogen-bond acceptors (Lipinski definition) is 5. The number of benzene rings is 2. The summed E-state index contributed by atoms with van der Waals surface area (Å²) in [7, 11) is 0. The average Bonchev–Trinajstić information content (AvgIpc) is 2.65. The molecule has 28 heavy (non-hydrogen) atoms. The molecular formula is C22H25N5O. The van der Waals surface area contributed by atoms with Crippen molar-refractivity contribution in [3.05, 3.63) is 70.9 Å². The first-order chi connectivity index (χ1) is 13.4. The third kappa shape index (κ3) is 4.85. The van der Waals surface area contributed by atoms with Crippen LogP contribution in [-0.2, 0) is 0 Å². The lowest BCUT2D eigenvalue weighted by molar-refractivity contribution is 0.102. The Morgan fingerprint density at radius 3 is 2.29 bits per heavy atom. The van der Waals surface area contributed by atoms with Crippen LogP contribution in [0, 0.1) is 20.8 Å². The Kier molecular flexibility index (Phi) is 5.89. The second kappa shape index (κ2) is 8.52. The lowest BCUT2D eigenvalue weighted by Gasteiger charge is -2.11. The van der Waals surface area contributed by atoms with E-state index in [1.54, 1.807) is 0 Å². The zero-order valence-corrected chi connectivity index (χ0v) is 16.6. The van der Waals surface area contributed by atoms with Crippen molar-refractivity contribution in [2.45, 2.75) is 27.7 Å². The maximum absolute atomic E-state index is 12.4. The van der Waals surface area contributed by atoms with Crippen LogP contribution in [0.2, 0.25) is 0 Å². The number of aryl methyl sites for hydroxylation is 3. The molecule has 0 saturated heterocycles. The number of carbonyl (C=O) groups is 1. The highest BCUT2D eigenvalue weighted by Gasteiger charge is 2.08. The van der Waals surface area contributed by atoms with Gasteiger partial charge < -0.3 is 16.0 Å². The van der Waals surface area contributed by atoms with Crippen molar-refractivity contribution in [1.82, 2.24) is 9.97 Å². The van der Waals surface area contributed by atoms with Gasteiger partial charge in [0.2, 0.25) is 5.95 Å². The van der Waals surface area contributed by atoms with E-state index in [9.17, 15) is 4.79 Å². The molecule has 1 aromatic heterocycles. The van der Waals surface area contributed by atoms with Crippen LogP contribution in [0.4, 0.5) is 23.1 Å². The number of nitrogens with zero attached hydrogens (tertiary/aromatic N) is 2. The molecule has 0 fully saturated rings. The van der Waals surface area contributed by atoms with Crippen LogP contribution in [0.5, 0.6) is 0 Å². The van der Waals surface area contributed by atoms with E-state index in [1.807, 2.05) is 76.2 Å². The molecule has 6 nitrogen and oxygen atoms in total. The molecule has 0 bridgehead atoms. The van der Waals surface area contributed by atoms with Gasteiger partial charge in [0.25, 0.3) is 5.91 Å². The second-order valence-corrected chi connectivity index (χ2v) is 6.70. The van der Waals surface area contributed by atoms with Crippen LogP contribution < -0.4 is 16.0 Å². The molecule has 3 rings (SSSR count). The quantitative estimate of drug-likeness (QED) is 0.575. The Morgan fingerprint density at radius 1 is 0.893 bits per heavy atom. The smallest absolute Gasteiger partial charge is 0.255 e. The largest absolute Gasteiger partial charge is 0.354 e. The zero-order chi connectivity index (χ0) is 20.1. The minimum atomic E-state index is -0.120. The van der Waals surface area contributed by atoms with Gasteiger partial charge in [0, 0.05) is 35.2 Å². The summed E-state index contributed by atoms with van der Waals surface area (Å²) in [4.78, 5) is 21.2. The van der Waals surface area contributed by atoms with Gasteiger partial charge in [0.1, 0.15) is 5.82 Å². The molecule has 2 aromatic carbocycles. The molecule has 0 aliphatic carbocycles. The Bertz CT molecular complexity index is 983. The molecule has 1 amide bonds. The van der Waals surface area contributed by atoms with E-state index >= 15 is 0 Å². The summed E-state index contributed by atoms with van der Waals surface area (Å²) < 4.78 is 0. The molecule has 0 aliphatic heterocycles. The van der Waals surface area contributed by atoms with Crippen molar-refractivity contribution < 1.29 is 4.79 Å². The monoisotopic (exact) mass is 375 g/mol. The van der Waals surface area contributed by atoms with E-state index in [4.69, 9.17) is 0 Å². The first kappa shape index (κ1) is 19.4. The highest BCUT2D eigenvalue weighted by Crippen LogP contribution is 2.20. The van der Waals surface area contributed by atoms with E-state index in [0.717, 1.165) is 35.0 Å². The Hall–Kier alpha value is -3.41. The van der Waals surface area contributed by atoms with Crippen molar-refractivity contribution in [2.24, 2.45) is 0 Å². The maximum Gasteiger partial charge on any atom is 0.255 e. The van der Waals surface area contributed by atoms with Gasteiger partial charge in [-0.05, 0) is 75.2 Å². The van der Waals surface area contributed by atoms with Gasteiger partial charge in [0.05, 0.1) is 0 Å². The molecule has 0 saturated carbocycles. The van der Waals surface area contributed by atoms with Gasteiger partial charge in [0.15, 0.2) is 0 Å². The van der Waals surface area contributed by atoms with Gasteiger partial charge in [-0.1, -0.05) is 6.07 Å². The lowest BCUT2D eigenvalue weighted by atomic mass is 10.1. The fraction of sp³-hybridized carbons (Fsp3) is 0.227. The van der Waals surface area contributed by atoms with Crippen LogP contribution in [0.3, 0.4) is 0 Å². The fourth-order valence-corrected chi connectivity index (χ4v) is 2.74. The van der Waals surface area contributed by atoms with E-state index in [0.29, 0.717) is 11.5 Å². The SMILES string of the molecule is CCNc1nc(C)cc(Nc2ccc(NC(=O)c3ccc(C)c(C)c3)cc2)n1. The Labute approximate surface area is 165 Å². The van der Waals surface area contributed by atoms with E-state index in [1.165, 1.54) is 5.56 Å². The summed E-state index contributed by atoms with van der Waals surface area (Å²) >= 11 is 0. The summed E-state index contributed by atoms with van der Waals surface area (Å²) in [5, 5.41) is 9.31. The molecule has 1 heterocycles. The predicted molar refractivity (Wildman–Crippen MR) is 115 cm³/mol. The zero-order valence-electron chi connectivity index (χ0n) is 16.6. The van der Waals surface area contributed by atoms with E-state index in [2.05, 4.69) is 25.9 Å². The number of rotatable bonds is 6. The number of carbonyl (C=O) groups excluding carboxylic acids is 1. The Balaban J connectivity index is 1.68. The van der Waals surface area contributed by atoms with Gasteiger partial charge in [-0.25, -0.2) is 4.98 Å². The average molecular weight is 375 g/mol. The van der Waals surface area contributed by atoms with E-state index in [-0.39, 0.29) is 5.91 Å². The predicted octanol–water partition coefficient (Wildman–Crippen LogP) is 4.83. The van der Waals surface area contributed by atoms with Gasteiger partial charge in [-0.3, -0.25) is 4.79 Å². The molecule has 0 radical (unpaired) electrons. The van der Waals surface area contributed by atoms with Crippen molar-refractivity contribution >= 4 is 29.0 Å². The van der Waals surface area contributed by atoms with Gasteiger partial charge in [-0.2, -0.15) is 4.98 Å². The number of amides is 1. The fourth-order valence-electron chi connectivity index (χ4n) is 2.74. The number of anilines is 4. The van der Waals surface area contributed by atoms with Crippen molar-refractivity contribution in [1.29, 1.82) is 0 Å². The maximum atomic E-state index is 12.4. The van der Waals surface area contributed by atoms with E-state index < -0.39 is 0 Å². The second-order valence-electron chi connectivity index (χ2n) is 6.70. The first-order valence-electron chi connectivity index (χ1n) is 9.30. The molecule has 3 N–H and O–H groups in total. The third-order valence-electron chi connectivity index (χ3n) is 4.37. The highest BCUT2D eigenvalue weighted by atomic mass is 16.1. The van der Waals surface area contributed by atoms with Crippen LogP contribution in [0.25, 0.3) is 0 Å². The molecule has 0 spiro atoms. The summed E-state index contributed by atoms with van der Waals surface area (Å²) in [6.07, 6.45) is 0. The van der Waals surface area contributed by atoms with Crippen LogP contribution in [0.15, 0.2) is 48.5 Å². The molecule has 3 aromatic rings. The minimum Gasteiger partial charge on any atom is -0.354 e. The molecular weight excluding hydrogens is 350 g/mol. The van der Waals surface area contributed by atoms with Gasteiger partial charge in [-0.15, -0.1) is 0 Å². The van der Waals surface area contributed by atoms with Crippen molar-refractivity contribution in [2.75, 3.05) is 22.5 Å². The summed E-state index contributed by atoms with van der Waals surface area (Å²) in [6, 6.07) is 15.1. The minimum absolute atomic E-state index is 0.120. The van der Waals surface area contributed by atoms with Crippen LogP contribution in [-0.4, -0.2) is 22.4 Å². The number of nitrogens with one attached hydrogen (secondary N) is 3. The number of aromatic nitrogens is 2.